The first-order valence-electron chi connectivity index (χ1n) is 9.74. The van der Waals surface area contributed by atoms with Gasteiger partial charge in [0.05, 0.1) is 22.5 Å². The van der Waals surface area contributed by atoms with Crippen molar-refractivity contribution in [1.29, 1.82) is 0 Å². The Morgan fingerprint density at radius 3 is 2.24 bits per heavy atom. The summed E-state index contributed by atoms with van der Waals surface area (Å²) in [5, 5.41) is 1.98. The van der Waals surface area contributed by atoms with Gasteiger partial charge in [0.25, 0.3) is 0 Å². The molecule has 0 atom stereocenters. The van der Waals surface area contributed by atoms with Crippen molar-refractivity contribution in [3.8, 4) is 0 Å². The molecule has 0 spiro atoms. The molecule has 2 saturated heterocycles. The predicted molar refractivity (Wildman–Crippen MR) is 107 cm³/mol. The van der Waals surface area contributed by atoms with Crippen LogP contribution in [0.25, 0.3) is 10.8 Å². The minimum atomic E-state index is -0.506. The lowest BCUT2D eigenvalue weighted by atomic mass is 9.91. The number of carbonyl (C=O) groups excluding carboxylic acids is 3. The van der Waals surface area contributed by atoms with Crippen molar-refractivity contribution in [2.75, 3.05) is 32.8 Å². The molecule has 2 aliphatic heterocycles. The topological polar surface area (TPSA) is 66.5 Å². The van der Waals surface area contributed by atoms with Crippen molar-refractivity contribution in [2.45, 2.75) is 6.92 Å². The van der Waals surface area contributed by atoms with Gasteiger partial charge >= 0.3 is 5.97 Å². The SMILES string of the molecule is CC1=C(N2CC2)C(=O)C(COC(=O)c2ccc3ccccc3c2)=C(N2CC2)C1=O. The summed E-state index contributed by atoms with van der Waals surface area (Å²) in [7, 11) is 0. The average Bonchev–Trinajstić information content (AvgIpc) is 3.63. The van der Waals surface area contributed by atoms with Crippen molar-refractivity contribution >= 4 is 28.3 Å². The van der Waals surface area contributed by atoms with E-state index in [1.165, 1.54) is 0 Å². The molecule has 146 valence electrons. The van der Waals surface area contributed by atoms with E-state index in [2.05, 4.69) is 0 Å². The first-order valence-corrected chi connectivity index (χ1v) is 9.74. The monoisotopic (exact) mass is 388 g/mol. The highest BCUT2D eigenvalue weighted by Gasteiger charge is 2.42. The molecular weight excluding hydrogens is 368 g/mol. The maximum Gasteiger partial charge on any atom is 0.338 e. The van der Waals surface area contributed by atoms with Gasteiger partial charge in [-0.2, -0.15) is 0 Å². The zero-order valence-electron chi connectivity index (χ0n) is 16.1. The van der Waals surface area contributed by atoms with Crippen LogP contribution in [0.15, 0.2) is 65.0 Å². The highest BCUT2D eigenvalue weighted by Crippen LogP contribution is 2.34. The highest BCUT2D eigenvalue weighted by atomic mass is 16.5. The van der Waals surface area contributed by atoms with Gasteiger partial charge in [-0.15, -0.1) is 0 Å². The molecule has 5 rings (SSSR count). The second kappa shape index (κ2) is 6.58. The van der Waals surface area contributed by atoms with Crippen molar-refractivity contribution in [3.05, 3.63) is 70.6 Å². The predicted octanol–water partition coefficient (Wildman–Crippen LogP) is 2.31. The quantitative estimate of drug-likeness (QED) is 0.445. The molecule has 0 unspecified atom stereocenters. The van der Waals surface area contributed by atoms with E-state index in [1.54, 1.807) is 19.1 Å². The zero-order valence-corrected chi connectivity index (χ0v) is 16.1. The summed E-state index contributed by atoms with van der Waals surface area (Å²) >= 11 is 0. The molecule has 0 amide bonds. The fourth-order valence-electron chi connectivity index (χ4n) is 3.78. The van der Waals surface area contributed by atoms with E-state index in [-0.39, 0.29) is 23.7 Å². The van der Waals surface area contributed by atoms with E-state index in [0.29, 0.717) is 22.5 Å². The van der Waals surface area contributed by atoms with Gasteiger partial charge in [-0.25, -0.2) is 4.79 Å². The second-order valence-electron chi connectivity index (χ2n) is 7.57. The maximum atomic E-state index is 13.1. The third kappa shape index (κ3) is 3.10. The van der Waals surface area contributed by atoms with E-state index >= 15 is 0 Å². The first-order chi connectivity index (χ1) is 14.0. The molecule has 3 aliphatic rings. The van der Waals surface area contributed by atoms with Crippen molar-refractivity contribution in [3.63, 3.8) is 0 Å². The lowest BCUT2D eigenvalue weighted by Crippen LogP contribution is -2.31. The lowest BCUT2D eigenvalue weighted by molar-refractivity contribution is -0.118. The number of ether oxygens (including phenoxy) is 1. The molecule has 0 radical (unpaired) electrons. The first kappa shape index (κ1) is 17.7. The molecular formula is C23H20N2O4. The molecule has 1 aliphatic carbocycles. The summed E-state index contributed by atoms with van der Waals surface area (Å²) in [5.41, 5.74) is 2.04. The van der Waals surface area contributed by atoms with Crippen LogP contribution in [-0.4, -0.2) is 60.1 Å². The molecule has 2 aromatic rings. The standard InChI is InChI=1S/C23H20N2O4/c1-14-19(24-8-9-24)22(27)18(20(21(14)26)25-10-11-25)13-29-23(28)17-7-6-15-4-2-3-5-16(15)12-17/h2-7,12H,8-11,13H2,1H3. The van der Waals surface area contributed by atoms with Crippen LogP contribution in [0.2, 0.25) is 0 Å². The van der Waals surface area contributed by atoms with Gasteiger partial charge in [0, 0.05) is 31.8 Å². The number of Topliss-reactive ketones (excluding diaryl/α,β-unsaturated/α-hetero) is 2. The van der Waals surface area contributed by atoms with E-state index in [0.717, 1.165) is 37.0 Å². The van der Waals surface area contributed by atoms with E-state index < -0.39 is 5.97 Å². The lowest BCUT2D eigenvalue weighted by Gasteiger charge is -2.23. The third-order valence-electron chi connectivity index (χ3n) is 5.55. The summed E-state index contributed by atoms with van der Waals surface area (Å²) < 4.78 is 5.49. The molecule has 2 heterocycles. The van der Waals surface area contributed by atoms with Gasteiger partial charge in [-0.3, -0.25) is 9.59 Å². The van der Waals surface area contributed by atoms with Crippen molar-refractivity contribution in [2.24, 2.45) is 0 Å². The Kier molecular flexibility index (Phi) is 4.01. The summed E-state index contributed by atoms with van der Waals surface area (Å²) in [4.78, 5) is 42.4. The number of hydrogen-bond acceptors (Lipinski definition) is 6. The van der Waals surface area contributed by atoms with Crippen LogP contribution < -0.4 is 0 Å². The van der Waals surface area contributed by atoms with Gasteiger partial charge < -0.3 is 14.5 Å². The Hall–Kier alpha value is -3.41. The van der Waals surface area contributed by atoms with Crippen molar-refractivity contribution < 1.29 is 19.1 Å². The number of ketones is 2. The molecule has 29 heavy (non-hydrogen) atoms. The summed E-state index contributed by atoms with van der Waals surface area (Å²) in [5.74, 6) is -0.846. The molecule has 0 saturated carbocycles. The number of nitrogens with zero attached hydrogens (tertiary/aromatic N) is 2. The van der Waals surface area contributed by atoms with Crippen LogP contribution in [0, 0.1) is 0 Å². The zero-order chi connectivity index (χ0) is 20.1. The van der Waals surface area contributed by atoms with E-state index in [1.807, 2.05) is 40.1 Å². The van der Waals surface area contributed by atoms with Crippen LogP contribution in [-0.2, 0) is 14.3 Å². The van der Waals surface area contributed by atoms with Gasteiger partial charge in [-0.1, -0.05) is 30.3 Å². The minimum Gasteiger partial charge on any atom is -0.457 e. The number of rotatable bonds is 5. The number of allylic oxidation sites excluding steroid dienone is 2. The number of esters is 1. The molecule has 0 N–H and O–H groups in total. The van der Waals surface area contributed by atoms with Crippen LogP contribution in [0.5, 0.6) is 0 Å². The molecule has 2 aromatic carbocycles. The highest BCUT2D eigenvalue weighted by molar-refractivity contribution is 6.25. The number of benzene rings is 2. The van der Waals surface area contributed by atoms with Gasteiger partial charge in [0.1, 0.15) is 6.61 Å². The fourth-order valence-corrected chi connectivity index (χ4v) is 3.78. The Morgan fingerprint density at radius 1 is 0.897 bits per heavy atom. The Labute approximate surface area is 168 Å². The van der Waals surface area contributed by atoms with Gasteiger partial charge in [0.2, 0.25) is 11.6 Å². The normalized spacial score (nSPS) is 18.7. The van der Waals surface area contributed by atoms with Crippen LogP contribution in [0.4, 0.5) is 0 Å². The van der Waals surface area contributed by atoms with Crippen molar-refractivity contribution in [1.82, 2.24) is 9.80 Å². The van der Waals surface area contributed by atoms with E-state index in [9.17, 15) is 14.4 Å². The number of carbonyl (C=O) groups is 3. The molecule has 6 nitrogen and oxygen atoms in total. The summed E-state index contributed by atoms with van der Waals surface area (Å²) in [6.45, 7) is 4.53. The molecule has 0 aromatic heterocycles. The Morgan fingerprint density at radius 2 is 1.55 bits per heavy atom. The second-order valence-corrected chi connectivity index (χ2v) is 7.57. The third-order valence-corrected chi connectivity index (χ3v) is 5.55. The average molecular weight is 388 g/mol. The fraction of sp³-hybridized carbons (Fsp3) is 0.261. The summed E-state index contributed by atoms with van der Waals surface area (Å²) in [6.07, 6.45) is 0. The molecule has 0 bridgehead atoms. The Bertz CT molecular complexity index is 1140. The van der Waals surface area contributed by atoms with Crippen LogP contribution >= 0.6 is 0 Å². The molecule has 2 fully saturated rings. The van der Waals surface area contributed by atoms with Crippen LogP contribution in [0.1, 0.15) is 17.3 Å². The van der Waals surface area contributed by atoms with Crippen LogP contribution in [0.3, 0.4) is 0 Å². The molecule has 6 heteroatoms. The number of fused-ring (bicyclic) bond motifs is 1. The maximum absolute atomic E-state index is 13.1. The largest absolute Gasteiger partial charge is 0.457 e. The van der Waals surface area contributed by atoms with E-state index in [4.69, 9.17) is 4.74 Å². The smallest absolute Gasteiger partial charge is 0.338 e. The Balaban J connectivity index is 1.41. The van der Waals surface area contributed by atoms with Gasteiger partial charge in [0.15, 0.2) is 0 Å². The summed E-state index contributed by atoms with van der Waals surface area (Å²) in [6, 6.07) is 13.1. The number of hydrogen-bond donors (Lipinski definition) is 0. The minimum absolute atomic E-state index is 0.138. The van der Waals surface area contributed by atoms with Gasteiger partial charge in [-0.05, 0) is 29.8 Å².